The predicted molar refractivity (Wildman–Crippen MR) is 74.7 cm³/mol. The molecule has 2 rings (SSSR count). The summed E-state index contributed by atoms with van der Waals surface area (Å²) in [7, 11) is 0. The van der Waals surface area contributed by atoms with Crippen molar-refractivity contribution in [3.05, 3.63) is 22.8 Å². The Kier molecular flexibility index (Phi) is 4.99. The SMILES string of the molecule is O=C(NCCCO)c1cc(Cl)nc(N2CCCC2)c1. The second kappa shape index (κ2) is 6.73. The first-order valence-electron chi connectivity index (χ1n) is 6.52. The molecule has 1 saturated heterocycles. The van der Waals surface area contributed by atoms with Gasteiger partial charge in [0.1, 0.15) is 11.0 Å². The summed E-state index contributed by atoms with van der Waals surface area (Å²) in [6.07, 6.45) is 2.84. The number of nitrogens with one attached hydrogen (secondary N) is 1. The van der Waals surface area contributed by atoms with Crippen molar-refractivity contribution in [2.75, 3.05) is 31.1 Å². The summed E-state index contributed by atoms with van der Waals surface area (Å²) in [5, 5.41) is 11.8. The lowest BCUT2D eigenvalue weighted by Gasteiger charge is -2.17. The number of aliphatic hydroxyl groups is 1. The van der Waals surface area contributed by atoms with E-state index in [9.17, 15) is 4.79 Å². The van der Waals surface area contributed by atoms with Crippen LogP contribution < -0.4 is 10.2 Å². The molecular formula is C13H18ClN3O2. The van der Waals surface area contributed by atoms with Gasteiger partial charge in [0.25, 0.3) is 5.91 Å². The second-order valence-corrected chi connectivity index (χ2v) is 4.95. The molecular weight excluding hydrogens is 266 g/mol. The lowest BCUT2D eigenvalue weighted by Crippen LogP contribution is -2.26. The largest absolute Gasteiger partial charge is 0.396 e. The van der Waals surface area contributed by atoms with Gasteiger partial charge in [-0.3, -0.25) is 4.79 Å². The number of nitrogens with zero attached hydrogens (tertiary/aromatic N) is 2. The third-order valence-corrected chi connectivity index (χ3v) is 3.29. The molecule has 0 unspecified atom stereocenters. The zero-order valence-electron chi connectivity index (χ0n) is 10.7. The summed E-state index contributed by atoms with van der Waals surface area (Å²) in [4.78, 5) is 18.3. The lowest BCUT2D eigenvalue weighted by atomic mass is 10.2. The Bertz CT molecular complexity index is 448. The topological polar surface area (TPSA) is 65.5 Å². The van der Waals surface area contributed by atoms with Crippen LogP contribution in [-0.2, 0) is 0 Å². The van der Waals surface area contributed by atoms with Crippen LogP contribution >= 0.6 is 11.6 Å². The van der Waals surface area contributed by atoms with Crippen LogP contribution in [0.2, 0.25) is 5.15 Å². The molecule has 2 heterocycles. The molecule has 1 amide bonds. The van der Waals surface area contributed by atoms with E-state index in [0.717, 1.165) is 31.7 Å². The van der Waals surface area contributed by atoms with Gasteiger partial charge in [-0.1, -0.05) is 11.6 Å². The highest BCUT2D eigenvalue weighted by molar-refractivity contribution is 6.29. The molecule has 0 atom stereocenters. The molecule has 0 aromatic carbocycles. The highest BCUT2D eigenvalue weighted by Gasteiger charge is 2.16. The average Bonchev–Trinajstić information content (AvgIpc) is 2.92. The van der Waals surface area contributed by atoms with E-state index in [2.05, 4.69) is 15.2 Å². The molecule has 0 radical (unpaired) electrons. The summed E-state index contributed by atoms with van der Waals surface area (Å²) >= 11 is 5.98. The highest BCUT2D eigenvalue weighted by atomic mass is 35.5. The van der Waals surface area contributed by atoms with E-state index in [1.54, 1.807) is 12.1 Å². The maximum atomic E-state index is 11.9. The highest BCUT2D eigenvalue weighted by Crippen LogP contribution is 2.21. The Labute approximate surface area is 117 Å². The molecule has 1 fully saturated rings. The number of hydrogen-bond donors (Lipinski definition) is 2. The maximum Gasteiger partial charge on any atom is 0.251 e. The Morgan fingerprint density at radius 2 is 2.16 bits per heavy atom. The van der Waals surface area contributed by atoms with Crippen LogP contribution in [0.4, 0.5) is 5.82 Å². The molecule has 6 heteroatoms. The number of carbonyl (C=O) groups excluding carboxylic acids is 1. The van der Waals surface area contributed by atoms with Crippen molar-refractivity contribution < 1.29 is 9.90 Å². The first kappa shape index (κ1) is 14.1. The fraction of sp³-hybridized carbons (Fsp3) is 0.538. The number of aliphatic hydroxyl groups excluding tert-OH is 1. The van der Waals surface area contributed by atoms with Crippen molar-refractivity contribution in [2.45, 2.75) is 19.3 Å². The van der Waals surface area contributed by atoms with Gasteiger partial charge in [0.05, 0.1) is 0 Å². The summed E-state index contributed by atoms with van der Waals surface area (Å²) in [6.45, 7) is 2.43. The molecule has 1 aliphatic rings. The number of pyridine rings is 1. The molecule has 0 bridgehead atoms. The molecule has 1 aromatic rings. The van der Waals surface area contributed by atoms with Crippen molar-refractivity contribution in [3.8, 4) is 0 Å². The summed E-state index contributed by atoms with van der Waals surface area (Å²) in [6, 6.07) is 3.33. The van der Waals surface area contributed by atoms with Gasteiger partial charge in [0.15, 0.2) is 0 Å². The predicted octanol–water partition coefficient (Wildman–Crippen LogP) is 1.45. The van der Waals surface area contributed by atoms with E-state index in [1.807, 2.05) is 0 Å². The normalized spacial score (nSPS) is 14.7. The first-order valence-corrected chi connectivity index (χ1v) is 6.90. The summed E-state index contributed by atoms with van der Waals surface area (Å²) in [5.41, 5.74) is 0.514. The van der Waals surface area contributed by atoms with E-state index in [1.165, 1.54) is 0 Å². The molecule has 5 nitrogen and oxygen atoms in total. The van der Waals surface area contributed by atoms with Gasteiger partial charge in [0.2, 0.25) is 0 Å². The maximum absolute atomic E-state index is 11.9. The number of anilines is 1. The van der Waals surface area contributed by atoms with Gasteiger partial charge in [-0.2, -0.15) is 0 Å². The second-order valence-electron chi connectivity index (χ2n) is 4.56. The van der Waals surface area contributed by atoms with Crippen molar-refractivity contribution in [2.24, 2.45) is 0 Å². The summed E-state index contributed by atoms with van der Waals surface area (Å²) in [5.74, 6) is 0.579. The van der Waals surface area contributed by atoms with Crippen LogP contribution in [0.5, 0.6) is 0 Å². The number of rotatable bonds is 5. The van der Waals surface area contributed by atoms with E-state index in [0.29, 0.717) is 23.7 Å². The lowest BCUT2D eigenvalue weighted by molar-refractivity contribution is 0.0951. The zero-order chi connectivity index (χ0) is 13.7. The standard InChI is InChI=1S/C13H18ClN3O2/c14-11-8-10(13(19)15-4-3-7-18)9-12(16-11)17-5-1-2-6-17/h8-9,18H,1-7H2,(H,15,19). The molecule has 2 N–H and O–H groups in total. The summed E-state index contributed by atoms with van der Waals surface area (Å²) < 4.78 is 0. The van der Waals surface area contributed by atoms with E-state index >= 15 is 0 Å². The van der Waals surface area contributed by atoms with Gasteiger partial charge in [-0.05, 0) is 31.4 Å². The minimum absolute atomic E-state index is 0.0659. The van der Waals surface area contributed by atoms with Crippen LogP contribution in [0.25, 0.3) is 0 Å². The van der Waals surface area contributed by atoms with Gasteiger partial charge in [0, 0.05) is 31.8 Å². The van der Waals surface area contributed by atoms with Gasteiger partial charge < -0.3 is 15.3 Å². The van der Waals surface area contributed by atoms with Gasteiger partial charge >= 0.3 is 0 Å². The third-order valence-electron chi connectivity index (χ3n) is 3.09. The third kappa shape index (κ3) is 3.81. The van der Waals surface area contributed by atoms with Crippen molar-refractivity contribution in [3.63, 3.8) is 0 Å². The Balaban J connectivity index is 2.09. The fourth-order valence-electron chi connectivity index (χ4n) is 2.11. The van der Waals surface area contributed by atoms with E-state index in [4.69, 9.17) is 16.7 Å². The minimum atomic E-state index is -0.182. The zero-order valence-corrected chi connectivity index (χ0v) is 11.5. The van der Waals surface area contributed by atoms with E-state index in [-0.39, 0.29) is 12.5 Å². The molecule has 1 aliphatic heterocycles. The molecule has 1 aromatic heterocycles. The number of aromatic nitrogens is 1. The minimum Gasteiger partial charge on any atom is -0.396 e. The molecule has 0 spiro atoms. The average molecular weight is 284 g/mol. The smallest absolute Gasteiger partial charge is 0.251 e. The van der Waals surface area contributed by atoms with Crippen LogP contribution in [-0.4, -0.2) is 42.2 Å². The first-order chi connectivity index (χ1) is 9.20. The Hall–Kier alpha value is -1.33. The van der Waals surface area contributed by atoms with Crippen molar-refractivity contribution in [1.29, 1.82) is 0 Å². The quantitative estimate of drug-likeness (QED) is 0.634. The molecule has 104 valence electrons. The number of hydrogen-bond acceptors (Lipinski definition) is 4. The van der Waals surface area contributed by atoms with Gasteiger partial charge in [-0.15, -0.1) is 0 Å². The monoisotopic (exact) mass is 283 g/mol. The molecule has 19 heavy (non-hydrogen) atoms. The molecule has 0 saturated carbocycles. The van der Waals surface area contributed by atoms with Gasteiger partial charge in [-0.25, -0.2) is 4.98 Å². The Morgan fingerprint density at radius 1 is 1.42 bits per heavy atom. The van der Waals surface area contributed by atoms with Crippen molar-refractivity contribution in [1.82, 2.24) is 10.3 Å². The van der Waals surface area contributed by atoms with Crippen LogP contribution in [0.15, 0.2) is 12.1 Å². The van der Waals surface area contributed by atoms with Crippen LogP contribution in [0, 0.1) is 0 Å². The van der Waals surface area contributed by atoms with Crippen LogP contribution in [0.3, 0.4) is 0 Å². The Morgan fingerprint density at radius 3 is 2.84 bits per heavy atom. The molecule has 0 aliphatic carbocycles. The van der Waals surface area contributed by atoms with E-state index < -0.39 is 0 Å². The van der Waals surface area contributed by atoms with Crippen molar-refractivity contribution >= 4 is 23.3 Å². The number of carbonyl (C=O) groups is 1. The van der Waals surface area contributed by atoms with Crippen LogP contribution in [0.1, 0.15) is 29.6 Å². The fourth-order valence-corrected chi connectivity index (χ4v) is 2.31. The number of halogens is 1. The number of amides is 1.